The molecule has 12 aromatic rings. The summed E-state index contributed by atoms with van der Waals surface area (Å²) in [7, 11) is 0. The van der Waals surface area contributed by atoms with Gasteiger partial charge in [0.05, 0.1) is 22.1 Å². The van der Waals surface area contributed by atoms with Crippen LogP contribution in [0.5, 0.6) is 0 Å². The summed E-state index contributed by atoms with van der Waals surface area (Å²) < 4.78 is 7.73. The summed E-state index contributed by atoms with van der Waals surface area (Å²) in [6, 6.07) is 45.5. The molecular formula is C40H20N2S2. The Hall–Kier alpha value is -5.16. The zero-order valence-electron chi connectivity index (χ0n) is 23.3. The number of thiophene rings is 2. The quantitative estimate of drug-likeness (QED) is 0.179. The highest BCUT2D eigenvalue weighted by Crippen LogP contribution is 2.49. The van der Waals surface area contributed by atoms with Crippen molar-refractivity contribution in [2.75, 3.05) is 0 Å². The minimum Gasteiger partial charge on any atom is -0.299 e. The summed E-state index contributed by atoms with van der Waals surface area (Å²) in [5.41, 5.74) is 7.82. The van der Waals surface area contributed by atoms with Crippen LogP contribution in [0.1, 0.15) is 0 Å². The van der Waals surface area contributed by atoms with Crippen LogP contribution in [-0.2, 0) is 0 Å². The Morgan fingerprint density at radius 2 is 0.750 bits per heavy atom. The number of hydrogen-bond acceptors (Lipinski definition) is 2. The van der Waals surface area contributed by atoms with Crippen LogP contribution in [0.3, 0.4) is 0 Å². The van der Waals surface area contributed by atoms with Crippen LogP contribution in [0.2, 0.25) is 0 Å². The van der Waals surface area contributed by atoms with E-state index in [4.69, 9.17) is 0 Å². The van der Waals surface area contributed by atoms with Gasteiger partial charge >= 0.3 is 0 Å². The van der Waals surface area contributed by atoms with Gasteiger partial charge in [0.1, 0.15) is 9.66 Å². The molecule has 0 N–H and O–H groups in total. The number of nitrogens with zero attached hydrogens (tertiary/aromatic N) is 2. The lowest BCUT2D eigenvalue weighted by Gasteiger charge is -2.07. The molecule has 12 rings (SSSR count). The molecular weight excluding hydrogens is 573 g/mol. The van der Waals surface area contributed by atoms with Crippen molar-refractivity contribution in [3.8, 4) is 11.1 Å². The first kappa shape index (κ1) is 22.4. The summed E-state index contributed by atoms with van der Waals surface area (Å²) >= 11 is 3.82. The Kier molecular flexibility index (Phi) is 3.81. The molecule has 0 aliphatic heterocycles. The van der Waals surface area contributed by atoms with E-state index >= 15 is 0 Å². The highest BCUT2D eigenvalue weighted by Gasteiger charge is 2.24. The van der Waals surface area contributed by atoms with Gasteiger partial charge in [0.2, 0.25) is 0 Å². The second-order valence-electron chi connectivity index (χ2n) is 12.1. The monoisotopic (exact) mass is 592 g/mol. The maximum Gasteiger partial charge on any atom is 0.109 e. The van der Waals surface area contributed by atoms with Gasteiger partial charge < -0.3 is 0 Å². The van der Waals surface area contributed by atoms with Gasteiger partial charge in [-0.05, 0) is 59.7 Å². The number of para-hydroxylation sites is 2. The smallest absolute Gasteiger partial charge is 0.109 e. The van der Waals surface area contributed by atoms with Gasteiger partial charge in [-0.1, -0.05) is 72.8 Å². The van der Waals surface area contributed by atoms with Crippen molar-refractivity contribution in [1.29, 1.82) is 0 Å². The predicted octanol–water partition coefficient (Wildman–Crippen LogP) is 12.1. The van der Waals surface area contributed by atoms with Crippen molar-refractivity contribution >= 4 is 118 Å². The molecule has 2 nitrogen and oxygen atoms in total. The van der Waals surface area contributed by atoms with E-state index in [0.717, 1.165) is 0 Å². The van der Waals surface area contributed by atoms with Crippen molar-refractivity contribution in [2.45, 2.75) is 0 Å². The first-order valence-electron chi connectivity index (χ1n) is 15.0. The van der Waals surface area contributed by atoms with Crippen molar-refractivity contribution < 1.29 is 0 Å². The summed E-state index contributed by atoms with van der Waals surface area (Å²) in [6.07, 6.45) is 0. The fraction of sp³-hybridized carbons (Fsp3) is 0. The Morgan fingerprint density at radius 1 is 0.364 bits per heavy atom. The fourth-order valence-electron chi connectivity index (χ4n) is 8.23. The number of fused-ring (bicyclic) bond motifs is 16. The summed E-state index contributed by atoms with van der Waals surface area (Å²) in [5.74, 6) is 0. The molecule has 0 saturated carbocycles. The molecule has 6 heterocycles. The van der Waals surface area contributed by atoms with Gasteiger partial charge in [-0.2, -0.15) is 0 Å². The molecule has 0 atom stereocenters. The first-order valence-corrected chi connectivity index (χ1v) is 16.7. The Balaban J connectivity index is 1.30. The minimum absolute atomic E-state index is 1.28. The average Bonchev–Trinajstić information content (AvgIpc) is 3.89. The van der Waals surface area contributed by atoms with E-state index in [-0.39, 0.29) is 0 Å². The lowest BCUT2D eigenvalue weighted by molar-refractivity contribution is 1.39. The molecule has 0 radical (unpaired) electrons. The standard InChI is InChI=1S/C40H20N2S2/c1-5-13-31-23(9-1)27-17-21(19-29-35-25-11-3-7-15-33(25)43-39(35)41(31)37(27)29)22-18-28-24-10-2-6-14-32(24)42-38(28)30(20-22)36-26-12-4-8-16-34(26)44-40(36)42/h1-20H. The zero-order valence-corrected chi connectivity index (χ0v) is 24.9. The molecule has 4 heteroatoms. The molecule has 0 saturated heterocycles. The first-order chi connectivity index (χ1) is 21.8. The van der Waals surface area contributed by atoms with E-state index in [9.17, 15) is 0 Å². The second-order valence-corrected chi connectivity index (χ2v) is 14.2. The van der Waals surface area contributed by atoms with Crippen molar-refractivity contribution in [2.24, 2.45) is 0 Å². The van der Waals surface area contributed by atoms with E-state index < -0.39 is 0 Å². The van der Waals surface area contributed by atoms with E-state index in [0.29, 0.717) is 0 Å². The average molecular weight is 593 g/mol. The minimum atomic E-state index is 1.28. The molecule has 202 valence electrons. The van der Waals surface area contributed by atoms with Crippen LogP contribution in [0, 0.1) is 0 Å². The van der Waals surface area contributed by atoms with E-state index in [2.05, 4.69) is 130 Å². The third-order valence-corrected chi connectivity index (χ3v) is 12.3. The van der Waals surface area contributed by atoms with Gasteiger partial charge in [0.15, 0.2) is 0 Å². The second kappa shape index (κ2) is 7.48. The van der Waals surface area contributed by atoms with Gasteiger partial charge in [0, 0.05) is 63.3 Å². The van der Waals surface area contributed by atoms with Crippen LogP contribution >= 0.6 is 22.7 Å². The largest absolute Gasteiger partial charge is 0.299 e. The van der Waals surface area contributed by atoms with Crippen LogP contribution in [0.15, 0.2) is 121 Å². The van der Waals surface area contributed by atoms with Gasteiger partial charge in [-0.15, -0.1) is 22.7 Å². The van der Waals surface area contributed by atoms with Crippen LogP contribution < -0.4 is 0 Å². The molecule has 0 fully saturated rings. The van der Waals surface area contributed by atoms with Gasteiger partial charge in [-0.3, -0.25) is 8.80 Å². The van der Waals surface area contributed by atoms with Crippen molar-refractivity contribution in [1.82, 2.24) is 8.80 Å². The Morgan fingerprint density at radius 3 is 1.23 bits per heavy atom. The molecule has 0 spiro atoms. The Labute approximate surface area is 257 Å². The summed E-state index contributed by atoms with van der Waals surface area (Å²) in [5, 5.41) is 13.5. The van der Waals surface area contributed by atoms with E-state index in [1.807, 2.05) is 22.7 Å². The summed E-state index contributed by atoms with van der Waals surface area (Å²) in [6.45, 7) is 0. The van der Waals surface area contributed by atoms with Gasteiger partial charge in [0.25, 0.3) is 0 Å². The zero-order chi connectivity index (χ0) is 28.3. The molecule has 0 unspecified atom stereocenters. The van der Waals surface area contributed by atoms with Crippen LogP contribution in [-0.4, -0.2) is 8.80 Å². The van der Waals surface area contributed by atoms with Gasteiger partial charge in [-0.25, -0.2) is 0 Å². The molecule has 0 aliphatic carbocycles. The number of rotatable bonds is 1. The third kappa shape index (κ3) is 2.45. The van der Waals surface area contributed by atoms with Crippen LogP contribution in [0.4, 0.5) is 0 Å². The van der Waals surface area contributed by atoms with E-state index in [1.54, 1.807) is 0 Å². The number of benzene rings is 6. The molecule has 6 aromatic heterocycles. The predicted molar refractivity (Wildman–Crippen MR) is 192 cm³/mol. The maximum atomic E-state index is 2.52. The van der Waals surface area contributed by atoms with Crippen LogP contribution in [0.25, 0.3) is 106 Å². The Bertz CT molecular complexity index is 2940. The number of aromatic nitrogens is 2. The summed E-state index contributed by atoms with van der Waals surface area (Å²) in [4.78, 5) is 2.69. The topological polar surface area (TPSA) is 8.82 Å². The lowest BCUT2D eigenvalue weighted by Crippen LogP contribution is -1.82. The van der Waals surface area contributed by atoms with E-state index in [1.165, 1.54) is 106 Å². The fourth-order valence-corrected chi connectivity index (χ4v) is 10.7. The third-order valence-electron chi connectivity index (χ3n) is 9.97. The van der Waals surface area contributed by atoms with Crippen molar-refractivity contribution in [3.05, 3.63) is 121 Å². The highest BCUT2D eigenvalue weighted by molar-refractivity contribution is 7.26. The number of hydrogen-bond donors (Lipinski definition) is 0. The maximum absolute atomic E-state index is 2.52. The molecule has 6 aromatic carbocycles. The SMILES string of the molecule is c1ccc2c(c1)sc1c2c2cc(-c3cc4c5ccccc5n5c6sc7ccccc7c6c(c3)c45)cc3c4ccccc4n1c32. The molecule has 44 heavy (non-hydrogen) atoms. The molecule has 0 amide bonds. The molecule has 0 bridgehead atoms. The lowest BCUT2D eigenvalue weighted by atomic mass is 9.96. The molecule has 0 aliphatic rings. The van der Waals surface area contributed by atoms with Crippen molar-refractivity contribution in [3.63, 3.8) is 0 Å². The highest BCUT2D eigenvalue weighted by atomic mass is 32.1. The normalized spacial score (nSPS) is 13.0.